The fourth-order valence-corrected chi connectivity index (χ4v) is 3.23. The van der Waals surface area contributed by atoms with Crippen LogP contribution in [-0.4, -0.2) is 35.7 Å². The molecule has 2 heteroatoms. The molecule has 0 saturated carbocycles. The van der Waals surface area contributed by atoms with E-state index in [1.54, 1.807) is 0 Å². The topological polar surface area (TPSA) is 23.5 Å². The summed E-state index contributed by atoms with van der Waals surface area (Å²) >= 11 is 0. The first-order chi connectivity index (χ1) is 9.66. The van der Waals surface area contributed by atoms with Crippen LogP contribution in [0.3, 0.4) is 0 Å². The fraction of sp³-hybridized carbons (Fsp3) is 1.00. The summed E-state index contributed by atoms with van der Waals surface area (Å²) in [5, 5.41) is 10.5. The number of likely N-dealkylation sites (tertiary alicyclic amines) is 1. The number of rotatable bonds is 11. The summed E-state index contributed by atoms with van der Waals surface area (Å²) in [6.45, 7) is 4.40. The van der Waals surface area contributed by atoms with Gasteiger partial charge in [0, 0.05) is 13.1 Å². The van der Waals surface area contributed by atoms with Crippen molar-refractivity contribution in [1.82, 2.24) is 4.90 Å². The number of nitrogens with zero attached hydrogens (tertiary/aromatic N) is 1. The van der Waals surface area contributed by atoms with Crippen LogP contribution < -0.4 is 0 Å². The van der Waals surface area contributed by atoms with Gasteiger partial charge in [-0.2, -0.15) is 0 Å². The lowest BCUT2D eigenvalue weighted by Crippen LogP contribution is -2.42. The summed E-state index contributed by atoms with van der Waals surface area (Å²) in [5.41, 5.74) is -0.341. The van der Waals surface area contributed by atoms with Crippen molar-refractivity contribution in [1.29, 1.82) is 0 Å². The van der Waals surface area contributed by atoms with Gasteiger partial charge in [0.25, 0.3) is 0 Å². The van der Waals surface area contributed by atoms with E-state index in [0.717, 1.165) is 32.4 Å². The number of aliphatic hydroxyl groups is 1. The van der Waals surface area contributed by atoms with Gasteiger partial charge in [0.1, 0.15) is 0 Å². The molecule has 1 aliphatic rings. The van der Waals surface area contributed by atoms with Crippen molar-refractivity contribution >= 4 is 0 Å². The Morgan fingerprint density at radius 2 is 1.25 bits per heavy atom. The van der Waals surface area contributed by atoms with E-state index in [2.05, 4.69) is 18.9 Å². The van der Waals surface area contributed by atoms with E-state index in [0.29, 0.717) is 0 Å². The average Bonchev–Trinajstić information content (AvgIpc) is 2.45. The quantitative estimate of drug-likeness (QED) is 0.553. The predicted octanol–water partition coefficient (Wildman–Crippen LogP) is 4.75. The Balaban J connectivity index is 1.87. The number of unbranched alkanes of at least 4 members (excludes halogenated alkanes) is 9. The molecular weight excluding hydrogens is 246 g/mol. The molecule has 120 valence electrons. The van der Waals surface area contributed by atoms with Gasteiger partial charge in [-0.1, -0.05) is 71.1 Å². The molecule has 0 aromatic carbocycles. The van der Waals surface area contributed by atoms with Gasteiger partial charge in [-0.25, -0.2) is 0 Å². The third-order valence-corrected chi connectivity index (χ3v) is 4.91. The van der Waals surface area contributed by atoms with E-state index in [-0.39, 0.29) is 5.60 Å². The van der Waals surface area contributed by atoms with Crippen LogP contribution in [0.15, 0.2) is 0 Å². The summed E-state index contributed by atoms with van der Waals surface area (Å²) in [6.07, 6.45) is 16.7. The minimum atomic E-state index is -0.341. The lowest BCUT2D eigenvalue weighted by atomic mass is 9.86. The van der Waals surface area contributed by atoms with E-state index < -0.39 is 0 Å². The van der Waals surface area contributed by atoms with Gasteiger partial charge in [-0.3, -0.25) is 0 Å². The minimum absolute atomic E-state index is 0.341. The zero-order valence-electron chi connectivity index (χ0n) is 14.0. The predicted molar refractivity (Wildman–Crippen MR) is 88.1 cm³/mol. The largest absolute Gasteiger partial charge is 0.390 e. The zero-order valence-corrected chi connectivity index (χ0v) is 14.0. The number of hydrogen-bond donors (Lipinski definition) is 1. The molecule has 1 fully saturated rings. The van der Waals surface area contributed by atoms with Crippen molar-refractivity contribution in [2.75, 3.05) is 20.1 Å². The minimum Gasteiger partial charge on any atom is -0.390 e. The number of piperidine rings is 1. The van der Waals surface area contributed by atoms with Gasteiger partial charge in [-0.05, 0) is 26.3 Å². The molecule has 1 rings (SSSR count). The van der Waals surface area contributed by atoms with E-state index in [1.165, 1.54) is 64.2 Å². The Labute approximate surface area is 126 Å². The second-order valence-electron chi connectivity index (χ2n) is 6.96. The van der Waals surface area contributed by atoms with Crippen molar-refractivity contribution < 1.29 is 5.11 Å². The highest BCUT2D eigenvalue weighted by Gasteiger charge is 2.30. The van der Waals surface area contributed by atoms with Gasteiger partial charge >= 0.3 is 0 Å². The van der Waals surface area contributed by atoms with Gasteiger partial charge in [0.2, 0.25) is 0 Å². The summed E-state index contributed by atoms with van der Waals surface area (Å²) < 4.78 is 0. The van der Waals surface area contributed by atoms with E-state index in [1.807, 2.05) is 0 Å². The first-order valence-corrected chi connectivity index (χ1v) is 9.07. The van der Waals surface area contributed by atoms with Gasteiger partial charge in [0.15, 0.2) is 0 Å². The van der Waals surface area contributed by atoms with Gasteiger partial charge in [-0.15, -0.1) is 0 Å². The highest BCUT2D eigenvalue weighted by atomic mass is 16.3. The second-order valence-corrected chi connectivity index (χ2v) is 6.96. The van der Waals surface area contributed by atoms with Crippen molar-refractivity contribution in [3.05, 3.63) is 0 Å². The Kier molecular flexibility index (Phi) is 9.54. The molecule has 0 radical (unpaired) electrons. The Morgan fingerprint density at radius 3 is 1.75 bits per heavy atom. The molecule has 1 saturated heterocycles. The van der Waals surface area contributed by atoms with Crippen LogP contribution in [-0.2, 0) is 0 Å². The molecule has 0 aliphatic carbocycles. The van der Waals surface area contributed by atoms with Crippen molar-refractivity contribution in [2.45, 2.75) is 96.0 Å². The van der Waals surface area contributed by atoms with E-state index >= 15 is 0 Å². The van der Waals surface area contributed by atoms with E-state index in [4.69, 9.17) is 0 Å². The van der Waals surface area contributed by atoms with Crippen LogP contribution in [0, 0.1) is 0 Å². The molecule has 0 aromatic rings. The maximum absolute atomic E-state index is 10.5. The molecule has 0 spiro atoms. The molecule has 0 amide bonds. The van der Waals surface area contributed by atoms with Crippen LogP contribution in [0.5, 0.6) is 0 Å². The molecule has 20 heavy (non-hydrogen) atoms. The van der Waals surface area contributed by atoms with Crippen LogP contribution in [0.1, 0.15) is 90.4 Å². The summed E-state index contributed by atoms with van der Waals surface area (Å²) in [5.74, 6) is 0. The maximum Gasteiger partial charge on any atom is 0.0672 e. The SMILES string of the molecule is CCCCCCCCCCCCC1(O)CCN(C)CC1. The molecule has 0 unspecified atom stereocenters. The maximum atomic E-state index is 10.5. The van der Waals surface area contributed by atoms with Crippen LogP contribution >= 0.6 is 0 Å². The van der Waals surface area contributed by atoms with Crippen LogP contribution in [0.25, 0.3) is 0 Å². The summed E-state index contributed by atoms with van der Waals surface area (Å²) in [7, 11) is 2.15. The monoisotopic (exact) mass is 283 g/mol. The number of hydrogen-bond acceptors (Lipinski definition) is 2. The highest BCUT2D eigenvalue weighted by Crippen LogP contribution is 2.27. The van der Waals surface area contributed by atoms with E-state index in [9.17, 15) is 5.11 Å². The fourth-order valence-electron chi connectivity index (χ4n) is 3.23. The van der Waals surface area contributed by atoms with Crippen molar-refractivity contribution in [3.63, 3.8) is 0 Å². The normalized spacial score (nSPS) is 19.4. The third kappa shape index (κ3) is 8.26. The first-order valence-electron chi connectivity index (χ1n) is 9.07. The molecule has 1 aliphatic heterocycles. The molecule has 1 heterocycles. The first kappa shape index (κ1) is 18.0. The lowest BCUT2D eigenvalue weighted by Gasteiger charge is -2.36. The molecular formula is C18H37NO. The smallest absolute Gasteiger partial charge is 0.0672 e. The summed E-state index contributed by atoms with van der Waals surface area (Å²) in [4.78, 5) is 2.33. The molecule has 0 aromatic heterocycles. The molecule has 1 N–H and O–H groups in total. The molecule has 2 nitrogen and oxygen atoms in total. The second kappa shape index (κ2) is 10.6. The summed E-state index contributed by atoms with van der Waals surface area (Å²) in [6, 6.07) is 0. The Hall–Kier alpha value is -0.0800. The lowest BCUT2D eigenvalue weighted by molar-refractivity contribution is -0.0241. The van der Waals surface area contributed by atoms with Gasteiger partial charge in [0.05, 0.1) is 5.60 Å². The Bertz CT molecular complexity index is 221. The highest BCUT2D eigenvalue weighted by molar-refractivity contribution is 4.84. The average molecular weight is 284 g/mol. The molecule has 0 bridgehead atoms. The zero-order chi connectivity index (χ0) is 14.7. The van der Waals surface area contributed by atoms with Crippen LogP contribution in [0.4, 0.5) is 0 Å². The van der Waals surface area contributed by atoms with Crippen molar-refractivity contribution in [3.8, 4) is 0 Å². The molecule has 0 atom stereocenters. The third-order valence-electron chi connectivity index (χ3n) is 4.91. The van der Waals surface area contributed by atoms with Gasteiger partial charge < -0.3 is 10.0 Å². The standard InChI is InChI=1S/C18H37NO/c1-3-4-5-6-7-8-9-10-11-12-13-18(20)14-16-19(2)17-15-18/h20H,3-17H2,1-2H3. The van der Waals surface area contributed by atoms with Crippen molar-refractivity contribution in [2.24, 2.45) is 0 Å². The Morgan fingerprint density at radius 1 is 0.800 bits per heavy atom. The van der Waals surface area contributed by atoms with Crippen LogP contribution in [0.2, 0.25) is 0 Å².